The third-order valence-electron chi connectivity index (χ3n) is 2.57. The smallest absolute Gasteiger partial charge is 0.261 e. The molecule has 0 spiro atoms. The van der Waals surface area contributed by atoms with Crippen molar-refractivity contribution >= 4 is 54.8 Å². The summed E-state index contributed by atoms with van der Waals surface area (Å²) in [5.41, 5.74) is 0.516. The van der Waals surface area contributed by atoms with Crippen molar-refractivity contribution in [3.63, 3.8) is 0 Å². The fourth-order valence-corrected chi connectivity index (χ4v) is 3.59. The van der Waals surface area contributed by atoms with Crippen molar-refractivity contribution in [3.05, 3.63) is 56.5 Å². The number of nitriles is 1. The number of halogens is 3. The van der Waals surface area contributed by atoms with Crippen molar-refractivity contribution in [3.8, 4) is 6.07 Å². The summed E-state index contributed by atoms with van der Waals surface area (Å²) in [6.45, 7) is 0. The molecule has 0 saturated carbocycles. The second-order valence-electron chi connectivity index (χ2n) is 3.96. The van der Waals surface area contributed by atoms with Gasteiger partial charge in [0.05, 0.1) is 30.7 Å². The first kappa shape index (κ1) is 16.1. The molecular formula is C13H7BrCl2N2O2S. The molecule has 8 heteroatoms. The lowest BCUT2D eigenvalue weighted by molar-refractivity contribution is 0.601. The molecule has 4 nitrogen and oxygen atoms in total. The molecule has 2 aromatic carbocycles. The summed E-state index contributed by atoms with van der Waals surface area (Å²) in [5.74, 6) is 0. The van der Waals surface area contributed by atoms with Crippen molar-refractivity contribution in [2.75, 3.05) is 4.72 Å². The van der Waals surface area contributed by atoms with E-state index in [9.17, 15) is 8.42 Å². The lowest BCUT2D eigenvalue weighted by Crippen LogP contribution is -2.13. The molecule has 2 aromatic rings. The van der Waals surface area contributed by atoms with Gasteiger partial charge < -0.3 is 0 Å². The molecular weight excluding hydrogens is 399 g/mol. The van der Waals surface area contributed by atoms with Crippen molar-refractivity contribution in [2.45, 2.75) is 4.90 Å². The molecule has 0 aliphatic rings. The fraction of sp³-hybridized carbons (Fsp3) is 0. The summed E-state index contributed by atoms with van der Waals surface area (Å²) < 4.78 is 27.4. The standard InChI is InChI=1S/C13H7BrCl2N2O2S/c14-13-10(15)2-1-3-12(13)18-21(19,20)9-5-4-8(7-17)11(16)6-9/h1-6,18H. The maximum Gasteiger partial charge on any atom is 0.261 e. The summed E-state index contributed by atoms with van der Waals surface area (Å²) in [6.07, 6.45) is 0. The number of sulfonamides is 1. The van der Waals surface area contributed by atoms with E-state index in [4.69, 9.17) is 28.5 Å². The van der Waals surface area contributed by atoms with E-state index >= 15 is 0 Å². The van der Waals surface area contributed by atoms with Gasteiger partial charge in [0.15, 0.2) is 0 Å². The van der Waals surface area contributed by atoms with Crippen LogP contribution in [0.2, 0.25) is 10.0 Å². The van der Waals surface area contributed by atoms with Crippen LogP contribution in [-0.4, -0.2) is 8.42 Å². The normalized spacial score (nSPS) is 11.0. The third-order valence-corrected chi connectivity index (χ3v) is 5.64. The summed E-state index contributed by atoms with van der Waals surface area (Å²) in [5, 5.41) is 9.25. The number of rotatable bonds is 3. The first-order chi connectivity index (χ1) is 9.85. The van der Waals surface area contributed by atoms with Gasteiger partial charge in [-0.05, 0) is 46.3 Å². The van der Waals surface area contributed by atoms with E-state index in [1.165, 1.54) is 18.2 Å². The molecule has 0 atom stereocenters. The Labute approximate surface area is 140 Å². The maximum absolute atomic E-state index is 12.3. The predicted molar refractivity (Wildman–Crippen MR) is 86.1 cm³/mol. The van der Waals surface area contributed by atoms with Gasteiger partial charge in [0.25, 0.3) is 10.0 Å². The molecule has 0 unspecified atom stereocenters. The highest BCUT2D eigenvalue weighted by atomic mass is 79.9. The highest BCUT2D eigenvalue weighted by Crippen LogP contribution is 2.32. The summed E-state index contributed by atoms with van der Waals surface area (Å²) in [4.78, 5) is -0.0432. The molecule has 1 N–H and O–H groups in total. The highest BCUT2D eigenvalue weighted by Gasteiger charge is 2.17. The van der Waals surface area contributed by atoms with E-state index in [-0.39, 0.29) is 15.5 Å². The zero-order valence-electron chi connectivity index (χ0n) is 10.3. The molecule has 0 fully saturated rings. The number of benzene rings is 2. The van der Waals surface area contributed by atoms with E-state index in [0.29, 0.717) is 15.2 Å². The number of nitrogens with one attached hydrogen (secondary N) is 1. The Bertz CT molecular complexity index is 848. The summed E-state index contributed by atoms with van der Waals surface area (Å²) in [7, 11) is -3.83. The first-order valence-electron chi connectivity index (χ1n) is 5.51. The van der Waals surface area contributed by atoms with Crippen LogP contribution >= 0.6 is 39.1 Å². The largest absolute Gasteiger partial charge is 0.278 e. The molecule has 108 valence electrons. The molecule has 0 radical (unpaired) electrons. The van der Waals surface area contributed by atoms with Gasteiger partial charge in [0.1, 0.15) is 6.07 Å². The number of anilines is 1. The van der Waals surface area contributed by atoms with Crippen LogP contribution in [0.5, 0.6) is 0 Å². The van der Waals surface area contributed by atoms with Gasteiger partial charge in [-0.2, -0.15) is 5.26 Å². The van der Waals surface area contributed by atoms with Gasteiger partial charge in [0.2, 0.25) is 0 Å². The molecule has 0 saturated heterocycles. The van der Waals surface area contributed by atoms with E-state index in [0.717, 1.165) is 0 Å². The minimum absolute atomic E-state index is 0.0432. The van der Waals surface area contributed by atoms with E-state index in [1.807, 2.05) is 6.07 Å². The third kappa shape index (κ3) is 3.50. The zero-order valence-corrected chi connectivity index (χ0v) is 14.2. The minimum Gasteiger partial charge on any atom is -0.278 e. The minimum atomic E-state index is -3.83. The Hall–Kier alpha value is -1.26. The quantitative estimate of drug-likeness (QED) is 0.820. The second-order valence-corrected chi connectivity index (χ2v) is 7.25. The first-order valence-corrected chi connectivity index (χ1v) is 8.55. The highest BCUT2D eigenvalue weighted by molar-refractivity contribution is 9.10. The SMILES string of the molecule is N#Cc1ccc(S(=O)(=O)Nc2cccc(Cl)c2Br)cc1Cl. The van der Waals surface area contributed by atoms with Crippen LogP contribution in [0.4, 0.5) is 5.69 Å². The molecule has 0 heterocycles. The predicted octanol–water partition coefficient (Wildman–Crippen LogP) is 4.43. The van der Waals surface area contributed by atoms with Crippen LogP contribution in [0.3, 0.4) is 0 Å². The zero-order chi connectivity index (χ0) is 15.6. The van der Waals surface area contributed by atoms with Crippen LogP contribution < -0.4 is 4.72 Å². The molecule has 0 aromatic heterocycles. The van der Waals surface area contributed by atoms with Crippen LogP contribution in [0.15, 0.2) is 45.8 Å². The van der Waals surface area contributed by atoms with Gasteiger partial charge in [0, 0.05) is 0 Å². The Balaban J connectivity index is 2.41. The van der Waals surface area contributed by atoms with Gasteiger partial charge in [-0.25, -0.2) is 8.42 Å². The second kappa shape index (κ2) is 6.24. The number of hydrogen-bond acceptors (Lipinski definition) is 3. The van der Waals surface area contributed by atoms with Gasteiger partial charge in [-0.3, -0.25) is 4.72 Å². The molecule has 0 amide bonds. The van der Waals surface area contributed by atoms with Crippen molar-refractivity contribution in [1.82, 2.24) is 0 Å². The summed E-state index contributed by atoms with van der Waals surface area (Å²) in [6, 6.07) is 10.6. The topological polar surface area (TPSA) is 70.0 Å². The van der Waals surface area contributed by atoms with Gasteiger partial charge in [-0.15, -0.1) is 0 Å². The molecule has 0 aliphatic heterocycles. The van der Waals surface area contributed by atoms with Crippen LogP contribution in [0, 0.1) is 11.3 Å². The number of nitrogens with zero attached hydrogens (tertiary/aromatic N) is 1. The van der Waals surface area contributed by atoms with Crippen molar-refractivity contribution in [1.29, 1.82) is 5.26 Å². The van der Waals surface area contributed by atoms with Crippen molar-refractivity contribution in [2.24, 2.45) is 0 Å². The monoisotopic (exact) mass is 404 g/mol. The van der Waals surface area contributed by atoms with E-state index < -0.39 is 10.0 Å². The van der Waals surface area contributed by atoms with Gasteiger partial charge in [-0.1, -0.05) is 29.3 Å². The van der Waals surface area contributed by atoms with Gasteiger partial charge >= 0.3 is 0 Å². The fourth-order valence-electron chi connectivity index (χ4n) is 1.54. The summed E-state index contributed by atoms with van der Waals surface area (Å²) >= 11 is 15.0. The molecule has 21 heavy (non-hydrogen) atoms. The molecule has 0 aliphatic carbocycles. The lowest BCUT2D eigenvalue weighted by atomic mass is 10.2. The Kier molecular flexibility index (Phi) is 4.79. The number of hydrogen-bond donors (Lipinski definition) is 1. The average molecular weight is 406 g/mol. The Morgan fingerprint density at radius 1 is 1.14 bits per heavy atom. The molecule has 2 rings (SSSR count). The van der Waals surface area contributed by atoms with E-state index in [2.05, 4.69) is 20.7 Å². The van der Waals surface area contributed by atoms with Crippen LogP contribution in [-0.2, 0) is 10.0 Å². The Morgan fingerprint density at radius 3 is 2.48 bits per heavy atom. The molecule has 0 bridgehead atoms. The Morgan fingerprint density at radius 2 is 1.86 bits per heavy atom. The average Bonchev–Trinajstić information content (AvgIpc) is 2.43. The lowest BCUT2D eigenvalue weighted by Gasteiger charge is -2.11. The van der Waals surface area contributed by atoms with Crippen LogP contribution in [0.25, 0.3) is 0 Å². The van der Waals surface area contributed by atoms with E-state index in [1.54, 1.807) is 18.2 Å². The van der Waals surface area contributed by atoms with Crippen molar-refractivity contribution < 1.29 is 8.42 Å². The van der Waals surface area contributed by atoms with Crippen LogP contribution in [0.1, 0.15) is 5.56 Å². The maximum atomic E-state index is 12.3.